The van der Waals surface area contributed by atoms with Crippen LogP contribution in [0.3, 0.4) is 0 Å². The lowest BCUT2D eigenvalue weighted by Gasteiger charge is -2.10. The summed E-state index contributed by atoms with van der Waals surface area (Å²) < 4.78 is 61.1. The Morgan fingerprint density at radius 1 is 1.24 bits per heavy atom. The van der Waals surface area contributed by atoms with Crippen LogP contribution in [-0.4, -0.2) is 10.2 Å². The van der Waals surface area contributed by atoms with Crippen molar-refractivity contribution >= 4 is 0 Å². The summed E-state index contributed by atoms with van der Waals surface area (Å²) in [5, 5.41) is 7.47. The van der Waals surface area contributed by atoms with Gasteiger partial charge in [0, 0.05) is 5.92 Å². The molecule has 0 saturated carbocycles. The average Bonchev–Trinajstić information content (AvgIpc) is 2.85. The Bertz CT molecular complexity index is 623. The summed E-state index contributed by atoms with van der Waals surface area (Å²) in [4.78, 5) is 0. The van der Waals surface area contributed by atoms with Gasteiger partial charge in [0.1, 0.15) is 11.6 Å². The van der Waals surface area contributed by atoms with E-state index in [0.29, 0.717) is 18.0 Å². The van der Waals surface area contributed by atoms with Crippen LogP contribution >= 0.6 is 0 Å². The first kappa shape index (κ1) is 15.3. The molecular formula is C13H12F4N2O2. The zero-order valence-electron chi connectivity index (χ0n) is 11.2. The summed E-state index contributed by atoms with van der Waals surface area (Å²) in [7, 11) is 0. The highest BCUT2D eigenvalue weighted by Crippen LogP contribution is 2.33. The number of aromatic nitrogens is 2. The van der Waals surface area contributed by atoms with Gasteiger partial charge in [0.2, 0.25) is 5.89 Å². The van der Waals surface area contributed by atoms with Gasteiger partial charge >= 0.3 is 6.18 Å². The fourth-order valence-corrected chi connectivity index (χ4v) is 1.51. The molecule has 4 nitrogen and oxygen atoms in total. The third-order valence-corrected chi connectivity index (χ3v) is 2.58. The van der Waals surface area contributed by atoms with Gasteiger partial charge in [0.15, 0.2) is 6.61 Å². The molecule has 1 aromatic heterocycles. The first-order valence-corrected chi connectivity index (χ1v) is 6.09. The fraction of sp³-hybridized carbons (Fsp3) is 0.385. The maximum absolute atomic E-state index is 13.1. The molecule has 0 aliphatic rings. The number of alkyl halides is 3. The standard InChI is InChI=1S/C13H12F4N2O2/c1-7(2)12-19-18-11(21-12)6-20-8-3-4-10(14)9(5-8)13(15,16)17/h3-5,7H,6H2,1-2H3. The topological polar surface area (TPSA) is 48.2 Å². The molecule has 0 fully saturated rings. The molecule has 1 aromatic carbocycles. The molecule has 0 radical (unpaired) electrons. The summed E-state index contributed by atoms with van der Waals surface area (Å²) in [6.07, 6.45) is -4.78. The zero-order valence-corrected chi connectivity index (χ0v) is 11.2. The number of halogens is 4. The van der Waals surface area contributed by atoms with E-state index in [1.165, 1.54) is 0 Å². The lowest BCUT2D eigenvalue weighted by molar-refractivity contribution is -0.140. The molecule has 2 aromatic rings. The Morgan fingerprint density at radius 2 is 1.95 bits per heavy atom. The largest absolute Gasteiger partial charge is 0.484 e. The predicted octanol–water partition coefficient (Wildman–Crippen LogP) is 3.93. The van der Waals surface area contributed by atoms with Crippen molar-refractivity contribution in [2.45, 2.75) is 32.5 Å². The normalized spacial score (nSPS) is 12.0. The maximum Gasteiger partial charge on any atom is 0.419 e. The van der Waals surface area contributed by atoms with Crippen molar-refractivity contribution in [1.29, 1.82) is 0 Å². The monoisotopic (exact) mass is 304 g/mol. The molecule has 114 valence electrons. The molecule has 1 heterocycles. The van der Waals surface area contributed by atoms with Crippen molar-refractivity contribution in [1.82, 2.24) is 10.2 Å². The van der Waals surface area contributed by atoms with Gasteiger partial charge in [-0.05, 0) is 18.2 Å². The van der Waals surface area contributed by atoms with E-state index in [1.807, 2.05) is 13.8 Å². The Labute approximate surface area is 117 Å². The van der Waals surface area contributed by atoms with Gasteiger partial charge in [0.25, 0.3) is 5.89 Å². The van der Waals surface area contributed by atoms with Gasteiger partial charge in [-0.15, -0.1) is 10.2 Å². The second-order valence-electron chi connectivity index (χ2n) is 4.62. The van der Waals surface area contributed by atoms with E-state index >= 15 is 0 Å². The molecule has 0 bridgehead atoms. The van der Waals surface area contributed by atoms with Crippen molar-refractivity contribution in [2.24, 2.45) is 0 Å². The smallest absolute Gasteiger partial charge is 0.419 e. The van der Waals surface area contributed by atoms with Crippen LogP contribution in [0.15, 0.2) is 22.6 Å². The third kappa shape index (κ3) is 3.71. The number of ether oxygens (including phenoxy) is 1. The summed E-state index contributed by atoms with van der Waals surface area (Å²) in [5.41, 5.74) is -1.38. The minimum Gasteiger partial charge on any atom is -0.484 e. The van der Waals surface area contributed by atoms with E-state index in [2.05, 4.69) is 10.2 Å². The molecule has 21 heavy (non-hydrogen) atoms. The number of benzene rings is 1. The molecule has 0 N–H and O–H groups in total. The lowest BCUT2D eigenvalue weighted by Crippen LogP contribution is -2.08. The quantitative estimate of drug-likeness (QED) is 0.803. The molecule has 0 spiro atoms. The third-order valence-electron chi connectivity index (χ3n) is 2.58. The first-order valence-electron chi connectivity index (χ1n) is 6.09. The second kappa shape index (κ2) is 5.71. The molecular weight excluding hydrogens is 292 g/mol. The molecule has 2 rings (SSSR count). The van der Waals surface area contributed by atoms with E-state index < -0.39 is 17.6 Å². The van der Waals surface area contributed by atoms with Crippen LogP contribution < -0.4 is 4.74 Å². The number of hydrogen-bond donors (Lipinski definition) is 0. The molecule has 0 unspecified atom stereocenters. The Kier molecular flexibility index (Phi) is 4.15. The van der Waals surface area contributed by atoms with E-state index in [0.717, 1.165) is 6.07 Å². The maximum atomic E-state index is 13.1. The minimum absolute atomic E-state index is 0.0360. The van der Waals surface area contributed by atoms with Crippen LogP contribution in [0.5, 0.6) is 5.75 Å². The van der Waals surface area contributed by atoms with Crippen LogP contribution in [0.25, 0.3) is 0 Å². The van der Waals surface area contributed by atoms with Crippen LogP contribution in [-0.2, 0) is 12.8 Å². The summed E-state index contributed by atoms with van der Waals surface area (Å²) >= 11 is 0. The van der Waals surface area contributed by atoms with Gasteiger partial charge in [-0.25, -0.2) is 4.39 Å². The molecule has 0 atom stereocenters. The highest BCUT2D eigenvalue weighted by Gasteiger charge is 2.34. The molecule has 0 aliphatic heterocycles. The molecule has 0 amide bonds. The highest BCUT2D eigenvalue weighted by atomic mass is 19.4. The van der Waals surface area contributed by atoms with Crippen molar-refractivity contribution in [3.05, 3.63) is 41.4 Å². The van der Waals surface area contributed by atoms with E-state index in [4.69, 9.17) is 9.15 Å². The van der Waals surface area contributed by atoms with Gasteiger partial charge in [-0.1, -0.05) is 13.8 Å². The Morgan fingerprint density at radius 3 is 2.52 bits per heavy atom. The zero-order chi connectivity index (χ0) is 15.6. The average molecular weight is 304 g/mol. The molecule has 8 heteroatoms. The van der Waals surface area contributed by atoms with Crippen LogP contribution in [0.1, 0.15) is 37.1 Å². The first-order chi connectivity index (χ1) is 9.77. The summed E-state index contributed by atoms with van der Waals surface area (Å²) in [6.45, 7) is 3.52. The summed E-state index contributed by atoms with van der Waals surface area (Å²) in [5.74, 6) is -0.906. The van der Waals surface area contributed by atoms with E-state index in [9.17, 15) is 17.6 Å². The van der Waals surface area contributed by atoms with Crippen molar-refractivity contribution < 1.29 is 26.7 Å². The van der Waals surface area contributed by atoms with Gasteiger partial charge in [-0.3, -0.25) is 0 Å². The Hall–Kier alpha value is -2.12. The van der Waals surface area contributed by atoms with E-state index in [1.54, 1.807) is 0 Å². The fourth-order valence-electron chi connectivity index (χ4n) is 1.51. The van der Waals surface area contributed by atoms with Crippen molar-refractivity contribution in [3.8, 4) is 5.75 Å². The van der Waals surface area contributed by atoms with Gasteiger partial charge in [-0.2, -0.15) is 13.2 Å². The van der Waals surface area contributed by atoms with Crippen LogP contribution in [0, 0.1) is 5.82 Å². The van der Waals surface area contributed by atoms with Crippen LogP contribution in [0.2, 0.25) is 0 Å². The summed E-state index contributed by atoms with van der Waals surface area (Å²) in [6, 6.07) is 2.39. The molecule has 0 aliphatic carbocycles. The van der Waals surface area contributed by atoms with Gasteiger partial charge < -0.3 is 9.15 Å². The second-order valence-corrected chi connectivity index (χ2v) is 4.62. The molecule has 0 saturated heterocycles. The van der Waals surface area contributed by atoms with Gasteiger partial charge in [0.05, 0.1) is 5.56 Å². The Balaban J connectivity index is 2.09. The predicted molar refractivity (Wildman–Crippen MR) is 64.1 cm³/mol. The lowest BCUT2D eigenvalue weighted by atomic mass is 10.2. The number of nitrogens with zero attached hydrogens (tertiary/aromatic N) is 2. The van der Waals surface area contributed by atoms with Crippen LogP contribution in [0.4, 0.5) is 17.6 Å². The number of hydrogen-bond acceptors (Lipinski definition) is 4. The number of rotatable bonds is 4. The highest BCUT2D eigenvalue weighted by molar-refractivity contribution is 5.31. The van der Waals surface area contributed by atoms with Crippen molar-refractivity contribution in [3.63, 3.8) is 0 Å². The van der Waals surface area contributed by atoms with E-state index in [-0.39, 0.29) is 24.2 Å². The minimum atomic E-state index is -4.78. The SMILES string of the molecule is CC(C)c1nnc(COc2ccc(F)c(C(F)(F)F)c2)o1. The van der Waals surface area contributed by atoms with Crippen molar-refractivity contribution in [2.75, 3.05) is 0 Å².